The van der Waals surface area contributed by atoms with Gasteiger partial charge in [0.05, 0.1) is 30.9 Å². The number of methoxy groups -OCH3 is 2. The lowest BCUT2D eigenvalue weighted by atomic mass is 10.2. The largest absolute Gasteiger partial charge is 0.493 e. The van der Waals surface area contributed by atoms with Gasteiger partial charge in [-0.25, -0.2) is 0 Å². The number of aryl methyl sites for hydroxylation is 1. The molecule has 5 heteroatoms. The van der Waals surface area contributed by atoms with Crippen molar-refractivity contribution in [1.29, 1.82) is 0 Å². The maximum absolute atomic E-state index is 5.47. The van der Waals surface area contributed by atoms with Gasteiger partial charge in [0.1, 0.15) is 0 Å². The molecule has 0 unspecified atom stereocenters. The van der Waals surface area contributed by atoms with E-state index in [-0.39, 0.29) is 0 Å². The van der Waals surface area contributed by atoms with Crippen LogP contribution in [0.15, 0.2) is 36.4 Å². The average Bonchev–Trinajstić information content (AvgIpc) is 2.84. The quantitative estimate of drug-likeness (QED) is 0.743. The predicted octanol–water partition coefficient (Wildman–Crippen LogP) is 4.01. The van der Waals surface area contributed by atoms with E-state index in [4.69, 9.17) is 21.7 Å². The lowest BCUT2D eigenvalue weighted by molar-refractivity contribution is 0.355. The van der Waals surface area contributed by atoms with E-state index >= 15 is 0 Å². The van der Waals surface area contributed by atoms with Gasteiger partial charge in [-0.05, 0) is 42.9 Å². The molecule has 0 amide bonds. The van der Waals surface area contributed by atoms with E-state index in [1.807, 2.05) is 34.9 Å². The summed E-state index contributed by atoms with van der Waals surface area (Å²) in [6, 6.07) is 11.9. The van der Waals surface area contributed by atoms with E-state index in [0.29, 0.717) is 16.3 Å². The van der Waals surface area contributed by atoms with Crippen LogP contribution in [0, 0.1) is 11.7 Å². The third-order valence-corrected chi connectivity index (χ3v) is 3.82. The number of hydrogen-bond acceptors (Lipinski definition) is 3. The number of nitrogens with zero attached hydrogens (tertiary/aromatic N) is 1. The maximum atomic E-state index is 5.47. The highest BCUT2D eigenvalue weighted by Gasteiger charge is 2.11. The Kier molecular flexibility index (Phi) is 3.43. The molecule has 4 nitrogen and oxygen atoms in total. The molecule has 0 atom stereocenters. The summed E-state index contributed by atoms with van der Waals surface area (Å²) in [6.07, 6.45) is 0. The molecule has 108 valence electrons. The fourth-order valence-electron chi connectivity index (χ4n) is 2.54. The van der Waals surface area contributed by atoms with E-state index in [0.717, 1.165) is 22.3 Å². The number of para-hydroxylation sites is 1. The Morgan fingerprint density at radius 2 is 1.81 bits per heavy atom. The smallest absolute Gasteiger partial charge is 0.182 e. The molecular formula is C16H16N2O2S. The first-order valence-corrected chi connectivity index (χ1v) is 6.99. The van der Waals surface area contributed by atoms with Gasteiger partial charge >= 0.3 is 0 Å². The van der Waals surface area contributed by atoms with Gasteiger partial charge in [-0.1, -0.05) is 12.1 Å². The van der Waals surface area contributed by atoms with Crippen molar-refractivity contribution in [1.82, 2.24) is 9.55 Å². The fourth-order valence-corrected chi connectivity index (χ4v) is 2.85. The Morgan fingerprint density at radius 1 is 1.05 bits per heavy atom. The standard InChI is InChI=1S/C16H16N2O2S/c1-10-5-4-6-12-15(10)18(16(21)17-12)11-7-8-13(19-2)14(9-11)20-3/h4-9H,1-3H3,(H,17,21). The summed E-state index contributed by atoms with van der Waals surface area (Å²) in [5, 5.41) is 0. The zero-order chi connectivity index (χ0) is 15.0. The molecular weight excluding hydrogens is 284 g/mol. The maximum Gasteiger partial charge on any atom is 0.182 e. The minimum Gasteiger partial charge on any atom is -0.493 e. The molecule has 0 saturated carbocycles. The first kappa shape index (κ1) is 13.7. The molecule has 0 aliphatic rings. The minimum absolute atomic E-state index is 0.659. The summed E-state index contributed by atoms with van der Waals surface area (Å²) in [6.45, 7) is 2.07. The van der Waals surface area contributed by atoms with E-state index < -0.39 is 0 Å². The Bertz CT molecular complexity index is 864. The molecule has 0 aliphatic heterocycles. The number of rotatable bonds is 3. The van der Waals surface area contributed by atoms with Crippen LogP contribution in [0.3, 0.4) is 0 Å². The van der Waals surface area contributed by atoms with Crippen LogP contribution in [0.4, 0.5) is 0 Å². The van der Waals surface area contributed by atoms with Gasteiger partial charge in [0, 0.05) is 6.07 Å². The minimum atomic E-state index is 0.659. The number of ether oxygens (including phenoxy) is 2. The number of fused-ring (bicyclic) bond motifs is 1. The summed E-state index contributed by atoms with van der Waals surface area (Å²) in [4.78, 5) is 3.24. The highest BCUT2D eigenvalue weighted by Crippen LogP contribution is 2.31. The van der Waals surface area contributed by atoms with Crippen molar-refractivity contribution in [2.24, 2.45) is 0 Å². The number of nitrogens with one attached hydrogen (secondary N) is 1. The fraction of sp³-hybridized carbons (Fsp3) is 0.188. The summed E-state index contributed by atoms with van der Waals surface area (Å²) in [5.74, 6) is 1.38. The van der Waals surface area contributed by atoms with Gasteiger partial charge in [0.15, 0.2) is 16.3 Å². The zero-order valence-corrected chi connectivity index (χ0v) is 13.0. The van der Waals surface area contributed by atoms with Crippen LogP contribution >= 0.6 is 12.2 Å². The van der Waals surface area contributed by atoms with Gasteiger partial charge in [-0.15, -0.1) is 0 Å². The van der Waals surface area contributed by atoms with Crippen molar-refractivity contribution >= 4 is 23.3 Å². The van der Waals surface area contributed by atoms with Crippen LogP contribution in [0.5, 0.6) is 11.5 Å². The first-order chi connectivity index (χ1) is 10.2. The summed E-state index contributed by atoms with van der Waals surface area (Å²) < 4.78 is 13.3. The molecule has 0 bridgehead atoms. The van der Waals surface area contributed by atoms with Gasteiger partial charge in [0.25, 0.3) is 0 Å². The summed E-state index contributed by atoms with van der Waals surface area (Å²) in [5.41, 5.74) is 4.21. The number of benzene rings is 2. The Labute approximate surface area is 127 Å². The molecule has 1 heterocycles. The number of hydrogen-bond donors (Lipinski definition) is 1. The third kappa shape index (κ3) is 2.19. The van der Waals surface area contributed by atoms with E-state index in [1.54, 1.807) is 14.2 Å². The molecule has 0 aliphatic carbocycles. The Balaban J connectivity index is 2.30. The number of aromatic nitrogens is 2. The molecule has 0 saturated heterocycles. The average molecular weight is 300 g/mol. The predicted molar refractivity (Wildman–Crippen MR) is 86.3 cm³/mol. The van der Waals surface area contributed by atoms with Gasteiger partial charge in [0.2, 0.25) is 0 Å². The second-order valence-corrected chi connectivity index (χ2v) is 5.16. The van der Waals surface area contributed by atoms with Gasteiger partial charge in [-0.3, -0.25) is 4.57 Å². The molecule has 1 N–H and O–H groups in total. The van der Waals surface area contributed by atoms with Crippen LogP contribution in [-0.2, 0) is 0 Å². The van der Waals surface area contributed by atoms with Crippen LogP contribution in [-0.4, -0.2) is 23.8 Å². The van der Waals surface area contributed by atoms with Crippen molar-refractivity contribution in [3.63, 3.8) is 0 Å². The lowest BCUT2D eigenvalue weighted by Crippen LogP contribution is -1.98. The summed E-state index contributed by atoms with van der Waals surface area (Å²) >= 11 is 5.47. The summed E-state index contributed by atoms with van der Waals surface area (Å²) in [7, 11) is 3.25. The number of aromatic amines is 1. The van der Waals surface area contributed by atoms with Gasteiger partial charge < -0.3 is 14.5 Å². The monoisotopic (exact) mass is 300 g/mol. The molecule has 0 spiro atoms. The highest BCUT2D eigenvalue weighted by atomic mass is 32.1. The van der Waals surface area contributed by atoms with Crippen LogP contribution in [0.1, 0.15) is 5.56 Å². The topological polar surface area (TPSA) is 39.2 Å². The molecule has 0 radical (unpaired) electrons. The molecule has 0 fully saturated rings. The molecule has 2 aromatic carbocycles. The van der Waals surface area contributed by atoms with E-state index in [2.05, 4.69) is 18.0 Å². The second-order valence-electron chi connectivity index (χ2n) is 4.78. The van der Waals surface area contributed by atoms with Crippen molar-refractivity contribution in [2.75, 3.05) is 14.2 Å². The van der Waals surface area contributed by atoms with Crippen molar-refractivity contribution in [3.8, 4) is 17.2 Å². The van der Waals surface area contributed by atoms with Gasteiger partial charge in [-0.2, -0.15) is 0 Å². The van der Waals surface area contributed by atoms with Crippen molar-refractivity contribution in [2.45, 2.75) is 6.92 Å². The SMILES string of the molecule is COc1ccc(-n2c(=S)[nH]c3cccc(C)c32)cc1OC. The number of imidazole rings is 1. The molecule has 3 aromatic rings. The van der Waals surface area contributed by atoms with Crippen molar-refractivity contribution in [3.05, 3.63) is 46.7 Å². The normalized spacial score (nSPS) is 10.8. The number of H-pyrrole nitrogens is 1. The molecule has 1 aromatic heterocycles. The van der Waals surface area contributed by atoms with Crippen molar-refractivity contribution < 1.29 is 9.47 Å². The zero-order valence-electron chi connectivity index (χ0n) is 12.1. The Hall–Kier alpha value is -2.27. The lowest BCUT2D eigenvalue weighted by Gasteiger charge is -2.11. The highest BCUT2D eigenvalue weighted by molar-refractivity contribution is 7.71. The molecule has 3 rings (SSSR count). The second kappa shape index (κ2) is 5.26. The van der Waals surface area contributed by atoms with Crippen LogP contribution < -0.4 is 9.47 Å². The van der Waals surface area contributed by atoms with Crippen LogP contribution in [0.25, 0.3) is 16.7 Å². The Morgan fingerprint density at radius 3 is 2.52 bits per heavy atom. The van der Waals surface area contributed by atoms with E-state index in [9.17, 15) is 0 Å². The first-order valence-electron chi connectivity index (χ1n) is 6.58. The third-order valence-electron chi connectivity index (χ3n) is 3.53. The van der Waals surface area contributed by atoms with Crippen LogP contribution in [0.2, 0.25) is 0 Å². The van der Waals surface area contributed by atoms with E-state index in [1.165, 1.54) is 0 Å². The molecule has 21 heavy (non-hydrogen) atoms.